The third-order valence-electron chi connectivity index (χ3n) is 3.89. The molecule has 6 nitrogen and oxygen atoms in total. The van der Waals surface area contributed by atoms with Crippen LogP contribution in [0.1, 0.15) is 11.3 Å². The van der Waals surface area contributed by atoms with Gasteiger partial charge in [0.05, 0.1) is 22.9 Å². The monoisotopic (exact) mass is 351 g/mol. The van der Waals surface area contributed by atoms with Crippen LogP contribution in [0.15, 0.2) is 51.9 Å². The van der Waals surface area contributed by atoms with Crippen LogP contribution in [0, 0.1) is 18.3 Å². The van der Waals surface area contributed by atoms with Crippen LogP contribution in [0.2, 0.25) is 0 Å². The van der Waals surface area contributed by atoms with Crippen molar-refractivity contribution in [3.8, 4) is 28.9 Å². The molecule has 0 spiro atoms. The number of nitrogens with zero attached hydrogens (tertiary/aromatic N) is 5. The van der Waals surface area contributed by atoms with E-state index in [0.717, 1.165) is 10.5 Å². The Morgan fingerprint density at radius 3 is 2.48 bits per heavy atom. The SMILES string of the molecule is C/N=S(\C)c1ccc(-n2nc(C)c(-c3ccc(C#N)cc3)c2O)nc1. The second kappa shape index (κ2) is 6.87. The van der Waals surface area contributed by atoms with Crippen molar-refractivity contribution >= 4 is 10.7 Å². The fourth-order valence-corrected chi connectivity index (χ4v) is 3.18. The Labute approximate surface area is 148 Å². The van der Waals surface area contributed by atoms with Crippen LogP contribution in [-0.4, -0.2) is 33.2 Å². The van der Waals surface area contributed by atoms with Crippen LogP contribution in [0.25, 0.3) is 16.9 Å². The molecule has 126 valence electrons. The second-order valence-corrected chi connectivity index (χ2v) is 7.19. The summed E-state index contributed by atoms with van der Waals surface area (Å²) in [5.74, 6) is 0.565. The average Bonchev–Trinajstić information content (AvgIpc) is 2.95. The third-order valence-corrected chi connectivity index (χ3v) is 5.36. The lowest BCUT2D eigenvalue weighted by molar-refractivity contribution is 0.433. The summed E-state index contributed by atoms with van der Waals surface area (Å²) in [4.78, 5) is 5.43. The molecule has 0 fully saturated rings. The smallest absolute Gasteiger partial charge is 0.223 e. The van der Waals surface area contributed by atoms with E-state index in [2.05, 4.69) is 20.5 Å². The third kappa shape index (κ3) is 3.16. The van der Waals surface area contributed by atoms with Gasteiger partial charge < -0.3 is 5.11 Å². The maximum atomic E-state index is 10.6. The molecule has 1 unspecified atom stereocenters. The number of aryl methyl sites for hydroxylation is 1. The van der Waals surface area contributed by atoms with Crippen LogP contribution in [0.3, 0.4) is 0 Å². The molecule has 25 heavy (non-hydrogen) atoms. The molecule has 1 aromatic carbocycles. The quantitative estimate of drug-likeness (QED) is 0.785. The molecular formula is C18H17N5OS. The van der Waals surface area contributed by atoms with Crippen LogP contribution < -0.4 is 0 Å². The van der Waals surface area contributed by atoms with Gasteiger partial charge in [0.2, 0.25) is 5.88 Å². The minimum absolute atomic E-state index is 0.0261. The Hall–Kier alpha value is -2.98. The van der Waals surface area contributed by atoms with E-state index in [4.69, 9.17) is 5.26 Å². The van der Waals surface area contributed by atoms with Gasteiger partial charge in [0, 0.05) is 18.1 Å². The average molecular weight is 351 g/mol. The highest BCUT2D eigenvalue weighted by Gasteiger charge is 2.18. The van der Waals surface area contributed by atoms with Crippen LogP contribution >= 0.6 is 0 Å². The molecule has 0 saturated carbocycles. The first kappa shape index (κ1) is 16.9. The highest BCUT2D eigenvalue weighted by Crippen LogP contribution is 2.33. The predicted molar refractivity (Wildman–Crippen MR) is 97.8 cm³/mol. The summed E-state index contributed by atoms with van der Waals surface area (Å²) in [6.45, 7) is 1.83. The normalized spacial score (nSPS) is 12.1. The summed E-state index contributed by atoms with van der Waals surface area (Å²) in [6, 6.07) is 12.9. The molecule has 0 amide bonds. The fraction of sp³-hybridized carbons (Fsp3) is 0.167. The van der Waals surface area contributed by atoms with Gasteiger partial charge in [-0.2, -0.15) is 15.0 Å². The molecule has 0 aliphatic carbocycles. The fourth-order valence-electron chi connectivity index (χ4n) is 2.50. The van der Waals surface area contributed by atoms with Gasteiger partial charge in [-0.1, -0.05) is 22.8 Å². The molecule has 3 rings (SSSR count). The van der Waals surface area contributed by atoms with Gasteiger partial charge in [-0.05, 0) is 43.0 Å². The minimum atomic E-state index is -0.199. The molecule has 7 heteroatoms. The molecule has 3 aromatic rings. The van der Waals surface area contributed by atoms with Crippen molar-refractivity contribution in [2.45, 2.75) is 11.8 Å². The van der Waals surface area contributed by atoms with Gasteiger partial charge in [-0.3, -0.25) is 4.36 Å². The Balaban J connectivity index is 2.03. The summed E-state index contributed by atoms with van der Waals surface area (Å²) in [7, 11) is 1.58. The van der Waals surface area contributed by atoms with E-state index in [-0.39, 0.29) is 16.6 Å². The Bertz CT molecular complexity index is 982. The number of aromatic hydroxyl groups is 1. The van der Waals surface area contributed by atoms with E-state index in [9.17, 15) is 5.11 Å². The van der Waals surface area contributed by atoms with E-state index in [0.29, 0.717) is 22.6 Å². The van der Waals surface area contributed by atoms with Gasteiger partial charge in [-0.25, -0.2) is 4.98 Å². The van der Waals surface area contributed by atoms with Crippen LogP contribution in [0.5, 0.6) is 5.88 Å². The van der Waals surface area contributed by atoms with Crippen molar-refractivity contribution < 1.29 is 5.11 Å². The molecule has 0 radical (unpaired) electrons. The van der Waals surface area contributed by atoms with E-state index in [1.54, 1.807) is 37.5 Å². The molecule has 1 atom stereocenters. The van der Waals surface area contributed by atoms with Gasteiger partial charge in [0.15, 0.2) is 5.82 Å². The number of nitriles is 1. The van der Waals surface area contributed by atoms with Gasteiger partial charge in [0.25, 0.3) is 0 Å². The summed E-state index contributed by atoms with van der Waals surface area (Å²) in [6.07, 6.45) is 3.78. The van der Waals surface area contributed by atoms with E-state index >= 15 is 0 Å². The predicted octanol–water partition coefficient (Wildman–Crippen LogP) is 3.24. The first-order valence-electron chi connectivity index (χ1n) is 7.56. The number of benzene rings is 1. The number of pyridine rings is 1. The Morgan fingerprint density at radius 1 is 1.20 bits per heavy atom. The highest BCUT2D eigenvalue weighted by molar-refractivity contribution is 7.86. The summed E-state index contributed by atoms with van der Waals surface area (Å²) in [5, 5.41) is 24.0. The Morgan fingerprint density at radius 2 is 1.92 bits per heavy atom. The number of hydrogen-bond acceptors (Lipinski definition) is 5. The molecule has 0 aliphatic heterocycles. The van der Waals surface area contributed by atoms with Crippen molar-refractivity contribution in [3.05, 3.63) is 53.9 Å². The van der Waals surface area contributed by atoms with Gasteiger partial charge in [-0.15, -0.1) is 0 Å². The second-order valence-electron chi connectivity index (χ2n) is 5.40. The summed E-state index contributed by atoms with van der Waals surface area (Å²) >= 11 is 0. The van der Waals surface area contributed by atoms with Crippen molar-refractivity contribution in [1.82, 2.24) is 14.8 Å². The first-order chi connectivity index (χ1) is 12.0. The topological polar surface area (TPSA) is 87.1 Å². The lowest BCUT2D eigenvalue weighted by atomic mass is 10.0. The van der Waals surface area contributed by atoms with Crippen molar-refractivity contribution in [1.29, 1.82) is 5.26 Å². The van der Waals surface area contributed by atoms with Crippen molar-refractivity contribution in [2.75, 3.05) is 13.3 Å². The van der Waals surface area contributed by atoms with Crippen molar-refractivity contribution in [2.24, 2.45) is 4.36 Å². The minimum Gasteiger partial charge on any atom is -0.493 e. The zero-order valence-electron chi connectivity index (χ0n) is 14.1. The van der Waals surface area contributed by atoms with E-state index < -0.39 is 0 Å². The zero-order chi connectivity index (χ0) is 18.0. The molecule has 2 aromatic heterocycles. The molecule has 1 N–H and O–H groups in total. The maximum Gasteiger partial charge on any atom is 0.223 e. The Kier molecular flexibility index (Phi) is 4.63. The molecule has 0 bridgehead atoms. The number of rotatable bonds is 3. The first-order valence-corrected chi connectivity index (χ1v) is 9.15. The van der Waals surface area contributed by atoms with Gasteiger partial charge in [0.1, 0.15) is 0 Å². The maximum absolute atomic E-state index is 10.6. The highest BCUT2D eigenvalue weighted by atomic mass is 32.2. The molecule has 0 aliphatic rings. The van der Waals surface area contributed by atoms with E-state index in [1.165, 1.54) is 4.68 Å². The number of hydrogen-bond donors (Lipinski definition) is 1. The van der Waals surface area contributed by atoms with Crippen LogP contribution in [0.4, 0.5) is 0 Å². The lowest BCUT2D eigenvalue weighted by Gasteiger charge is -2.05. The van der Waals surface area contributed by atoms with E-state index in [1.807, 2.05) is 25.3 Å². The lowest BCUT2D eigenvalue weighted by Crippen LogP contribution is -2.00. The largest absolute Gasteiger partial charge is 0.493 e. The summed E-state index contributed by atoms with van der Waals surface area (Å²) < 4.78 is 5.66. The molecular weight excluding hydrogens is 334 g/mol. The molecule has 2 heterocycles. The number of aromatic nitrogens is 3. The van der Waals surface area contributed by atoms with Crippen LogP contribution in [-0.2, 0) is 10.7 Å². The summed E-state index contributed by atoms with van der Waals surface area (Å²) in [5.41, 5.74) is 2.69. The zero-order valence-corrected chi connectivity index (χ0v) is 14.9. The standard InChI is InChI=1S/C18H17N5OS/c1-12-17(14-6-4-13(10-19)5-7-14)18(24)23(22-12)16-9-8-15(11-21-16)25(3)20-2/h4-9,11,24H,1-3H3. The van der Waals surface area contributed by atoms with Crippen molar-refractivity contribution in [3.63, 3.8) is 0 Å². The van der Waals surface area contributed by atoms with Gasteiger partial charge >= 0.3 is 0 Å². The molecule has 0 saturated heterocycles.